The largest absolute Gasteiger partial charge is 0.338 e. The molecule has 1 aliphatic rings. The minimum Gasteiger partial charge on any atom is -0.338 e. The summed E-state index contributed by atoms with van der Waals surface area (Å²) in [7, 11) is 0. The molecule has 0 spiro atoms. The Morgan fingerprint density at radius 2 is 1.97 bits per heavy atom. The monoisotopic (exact) mass is 490 g/mol. The van der Waals surface area contributed by atoms with Crippen LogP contribution in [0.15, 0.2) is 81.5 Å². The summed E-state index contributed by atoms with van der Waals surface area (Å²) in [4.78, 5) is 21.9. The summed E-state index contributed by atoms with van der Waals surface area (Å²) in [6.07, 6.45) is 1.86. The standard InChI is InChI=1S/C26H26N4O2S2/c31-26(27-21-12-10-19(11-13-21)18-34-22-7-2-1-3-8-22)20-6-4-14-30(16-20)17-24-28-25(29-32-24)23-9-5-15-33-23/h1-3,5,7-13,15,20H,4,6,14,16-18H2,(H,27,31). The first-order chi connectivity index (χ1) is 16.7. The molecule has 0 saturated carbocycles. The molecule has 2 aromatic heterocycles. The van der Waals surface area contributed by atoms with Crippen molar-refractivity contribution in [1.29, 1.82) is 0 Å². The molecule has 6 nitrogen and oxygen atoms in total. The second-order valence-electron chi connectivity index (χ2n) is 8.35. The number of benzene rings is 2. The van der Waals surface area contributed by atoms with Gasteiger partial charge in [0, 0.05) is 22.9 Å². The van der Waals surface area contributed by atoms with E-state index in [0.717, 1.165) is 35.7 Å². The van der Waals surface area contributed by atoms with Gasteiger partial charge in [-0.1, -0.05) is 41.6 Å². The molecule has 1 fully saturated rings. The lowest BCUT2D eigenvalue weighted by Crippen LogP contribution is -2.40. The highest BCUT2D eigenvalue weighted by Crippen LogP contribution is 2.25. The highest BCUT2D eigenvalue weighted by molar-refractivity contribution is 7.98. The first-order valence-electron chi connectivity index (χ1n) is 11.4. The molecule has 1 atom stereocenters. The van der Waals surface area contributed by atoms with E-state index in [4.69, 9.17) is 4.52 Å². The van der Waals surface area contributed by atoms with Crippen molar-refractivity contribution in [3.63, 3.8) is 0 Å². The number of hydrogen-bond acceptors (Lipinski definition) is 7. The molecule has 3 heterocycles. The van der Waals surface area contributed by atoms with Crippen molar-refractivity contribution in [1.82, 2.24) is 15.0 Å². The lowest BCUT2D eigenvalue weighted by atomic mass is 9.97. The molecule has 0 radical (unpaired) electrons. The molecular formula is C26H26N4O2S2. The van der Waals surface area contributed by atoms with E-state index < -0.39 is 0 Å². The van der Waals surface area contributed by atoms with Gasteiger partial charge in [0.05, 0.1) is 17.3 Å². The molecule has 1 N–H and O–H groups in total. The molecule has 0 aliphatic carbocycles. The van der Waals surface area contributed by atoms with Crippen LogP contribution in [-0.4, -0.2) is 34.0 Å². The molecule has 8 heteroatoms. The molecule has 174 valence electrons. The van der Waals surface area contributed by atoms with Gasteiger partial charge in [-0.3, -0.25) is 9.69 Å². The van der Waals surface area contributed by atoms with Crippen LogP contribution in [0.25, 0.3) is 10.7 Å². The number of carbonyl (C=O) groups is 1. The van der Waals surface area contributed by atoms with Crippen molar-refractivity contribution in [2.45, 2.75) is 30.0 Å². The lowest BCUT2D eigenvalue weighted by Gasteiger charge is -2.30. The van der Waals surface area contributed by atoms with Crippen molar-refractivity contribution in [2.75, 3.05) is 18.4 Å². The van der Waals surface area contributed by atoms with Gasteiger partial charge in [-0.2, -0.15) is 4.98 Å². The average Bonchev–Trinajstić information content (AvgIpc) is 3.57. The molecule has 5 rings (SSSR count). The molecule has 1 unspecified atom stereocenters. The normalized spacial score (nSPS) is 16.4. The topological polar surface area (TPSA) is 71.3 Å². The van der Waals surface area contributed by atoms with E-state index in [-0.39, 0.29) is 11.8 Å². The van der Waals surface area contributed by atoms with Gasteiger partial charge >= 0.3 is 0 Å². The Morgan fingerprint density at radius 3 is 2.76 bits per heavy atom. The maximum absolute atomic E-state index is 12.9. The Balaban J connectivity index is 1.12. The molecular weight excluding hydrogens is 464 g/mol. The van der Waals surface area contributed by atoms with Gasteiger partial charge in [-0.15, -0.1) is 23.1 Å². The maximum Gasteiger partial charge on any atom is 0.241 e. The third-order valence-electron chi connectivity index (χ3n) is 5.82. The summed E-state index contributed by atoms with van der Waals surface area (Å²) in [5, 5.41) is 9.18. The van der Waals surface area contributed by atoms with E-state index in [1.165, 1.54) is 10.5 Å². The summed E-state index contributed by atoms with van der Waals surface area (Å²) in [5.74, 6) is 2.14. The highest BCUT2D eigenvalue weighted by atomic mass is 32.2. The summed E-state index contributed by atoms with van der Waals surface area (Å²) in [5.41, 5.74) is 2.07. The number of anilines is 1. The van der Waals surface area contributed by atoms with Crippen LogP contribution in [-0.2, 0) is 17.1 Å². The van der Waals surface area contributed by atoms with Gasteiger partial charge in [0.2, 0.25) is 17.6 Å². The Labute approximate surface area is 207 Å². The van der Waals surface area contributed by atoms with E-state index in [9.17, 15) is 4.79 Å². The van der Waals surface area contributed by atoms with E-state index in [1.54, 1.807) is 11.3 Å². The quantitative estimate of drug-likeness (QED) is 0.308. The minimum absolute atomic E-state index is 0.0539. The first-order valence-corrected chi connectivity index (χ1v) is 13.3. The number of likely N-dealkylation sites (tertiary alicyclic amines) is 1. The number of aromatic nitrogens is 2. The first kappa shape index (κ1) is 22.8. The Morgan fingerprint density at radius 1 is 1.12 bits per heavy atom. The molecule has 34 heavy (non-hydrogen) atoms. The number of thiophene rings is 1. The summed E-state index contributed by atoms with van der Waals surface area (Å²) >= 11 is 3.40. The number of thioether (sulfide) groups is 1. The van der Waals surface area contributed by atoms with Crippen LogP contribution in [0.2, 0.25) is 0 Å². The summed E-state index contributed by atoms with van der Waals surface area (Å²) in [6, 6.07) is 22.5. The van der Waals surface area contributed by atoms with Gasteiger partial charge in [0.15, 0.2) is 0 Å². The average molecular weight is 491 g/mol. The number of hydrogen-bond donors (Lipinski definition) is 1. The zero-order valence-electron chi connectivity index (χ0n) is 18.7. The third-order valence-corrected chi connectivity index (χ3v) is 7.76. The Hall–Kier alpha value is -2.94. The zero-order chi connectivity index (χ0) is 23.2. The Bertz CT molecular complexity index is 1190. The number of carbonyl (C=O) groups excluding carboxylic acids is 1. The number of nitrogens with one attached hydrogen (secondary N) is 1. The minimum atomic E-state index is -0.0539. The van der Waals surface area contributed by atoms with Crippen LogP contribution in [0, 0.1) is 5.92 Å². The van der Waals surface area contributed by atoms with E-state index in [1.807, 2.05) is 47.5 Å². The predicted octanol–water partition coefficient (Wildman–Crippen LogP) is 5.94. The van der Waals surface area contributed by atoms with Crippen LogP contribution in [0.4, 0.5) is 5.69 Å². The summed E-state index contributed by atoms with van der Waals surface area (Å²) < 4.78 is 5.44. The number of rotatable bonds is 8. The zero-order valence-corrected chi connectivity index (χ0v) is 20.4. The smallest absolute Gasteiger partial charge is 0.241 e. The highest BCUT2D eigenvalue weighted by Gasteiger charge is 2.27. The SMILES string of the molecule is O=C(Nc1ccc(CSc2ccccc2)cc1)C1CCCN(Cc2nc(-c3cccs3)no2)C1. The van der Waals surface area contributed by atoms with E-state index >= 15 is 0 Å². The van der Waals surface area contributed by atoms with Crippen molar-refractivity contribution >= 4 is 34.7 Å². The maximum atomic E-state index is 12.9. The van der Waals surface area contributed by atoms with Crippen molar-refractivity contribution in [3.05, 3.63) is 83.6 Å². The fourth-order valence-corrected chi connectivity index (χ4v) is 5.57. The Kier molecular flexibility index (Phi) is 7.38. The fourth-order valence-electron chi connectivity index (χ4n) is 4.04. The second-order valence-corrected chi connectivity index (χ2v) is 10.3. The van der Waals surface area contributed by atoms with Crippen molar-refractivity contribution in [2.24, 2.45) is 5.92 Å². The summed E-state index contributed by atoms with van der Waals surface area (Å²) in [6.45, 7) is 2.18. The van der Waals surface area contributed by atoms with Gasteiger partial charge in [-0.25, -0.2) is 0 Å². The van der Waals surface area contributed by atoms with Crippen molar-refractivity contribution in [3.8, 4) is 10.7 Å². The fraction of sp³-hybridized carbons (Fsp3) is 0.269. The second kappa shape index (κ2) is 11.0. The lowest BCUT2D eigenvalue weighted by molar-refractivity contribution is -0.121. The third kappa shape index (κ3) is 5.94. The molecule has 2 aromatic carbocycles. The number of amides is 1. The van der Waals surface area contributed by atoms with Crippen LogP contribution >= 0.6 is 23.1 Å². The van der Waals surface area contributed by atoms with Gasteiger partial charge in [0.1, 0.15) is 0 Å². The molecule has 1 aliphatic heterocycles. The molecule has 1 amide bonds. The van der Waals surface area contributed by atoms with Crippen molar-refractivity contribution < 1.29 is 9.32 Å². The predicted molar refractivity (Wildman–Crippen MR) is 137 cm³/mol. The van der Waals surface area contributed by atoms with Crippen LogP contribution in [0.5, 0.6) is 0 Å². The van der Waals surface area contributed by atoms with Crippen LogP contribution in [0.3, 0.4) is 0 Å². The molecule has 0 bridgehead atoms. The molecule has 4 aromatic rings. The molecule has 1 saturated heterocycles. The van der Waals surface area contributed by atoms with E-state index in [0.29, 0.717) is 24.8 Å². The van der Waals surface area contributed by atoms with Gasteiger partial charge in [0.25, 0.3) is 0 Å². The van der Waals surface area contributed by atoms with Gasteiger partial charge in [-0.05, 0) is 60.7 Å². The van der Waals surface area contributed by atoms with Crippen LogP contribution in [0.1, 0.15) is 24.3 Å². The van der Waals surface area contributed by atoms with E-state index in [2.05, 4.69) is 56.8 Å². The van der Waals surface area contributed by atoms with Gasteiger partial charge < -0.3 is 9.84 Å². The van der Waals surface area contributed by atoms with Crippen LogP contribution < -0.4 is 5.32 Å². The number of piperidine rings is 1. The number of nitrogens with zero attached hydrogens (tertiary/aromatic N) is 3.